The molecule has 0 saturated carbocycles. The van der Waals surface area contributed by atoms with Crippen LogP contribution < -0.4 is 0 Å². The molecule has 0 saturated heterocycles. The Morgan fingerprint density at radius 2 is 1.76 bits per heavy atom. The number of hydrogen-bond acceptors (Lipinski definition) is 4. The number of rotatable bonds is 13. The van der Waals surface area contributed by atoms with E-state index in [1.807, 2.05) is 0 Å². The van der Waals surface area contributed by atoms with Gasteiger partial charge < -0.3 is 19.3 Å². The molecule has 0 radical (unpaired) electrons. The van der Waals surface area contributed by atoms with E-state index in [0.717, 1.165) is 32.1 Å². The molecule has 0 aromatic carbocycles. The van der Waals surface area contributed by atoms with Crippen LogP contribution >= 0.6 is 7.60 Å². The number of alkyl halides is 1. The summed E-state index contributed by atoms with van der Waals surface area (Å²) in [5.74, 6) is -1.45. The Balaban J connectivity index is 4.12. The fourth-order valence-corrected chi connectivity index (χ4v) is 3.16. The van der Waals surface area contributed by atoms with Crippen LogP contribution in [0, 0.1) is 0 Å². The van der Waals surface area contributed by atoms with Gasteiger partial charge in [-0.05, 0) is 12.8 Å². The van der Waals surface area contributed by atoms with Crippen LogP contribution in [0.3, 0.4) is 0 Å². The van der Waals surface area contributed by atoms with Crippen molar-refractivity contribution in [2.45, 2.75) is 64.1 Å². The van der Waals surface area contributed by atoms with Crippen LogP contribution in [0.5, 0.6) is 0 Å². The Kier molecular flexibility index (Phi) is 11.6. The summed E-state index contributed by atoms with van der Waals surface area (Å²) in [4.78, 5) is 20.2. The van der Waals surface area contributed by atoms with Crippen LogP contribution in [0.4, 0.5) is 9.18 Å². The van der Waals surface area contributed by atoms with Gasteiger partial charge in [0.05, 0.1) is 6.61 Å². The van der Waals surface area contributed by atoms with Crippen molar-refractivity contribution in [1.82, 2.24) is 0 Å². The highest BCUT2D eigenvalue weighted by atomic mass is 31.2. The van der Waals surface area contributed by atoms with Crippen LogP contribution in [0.25, 0.3) is 0 Å². The molecule has 8 heteroatoms. The summed E-state index contributed by atoms with van der Waals surface area (Å²) in [5, 5.41) is 8.59. The minimum atomic E-state index is -4.28. The topological polar surface area (TPSA) is 93.1 Å². The van der Waals surface area contributed by atoms with Crippen LogP contribution in [-0.2, 0) is 13.8 Å². The molecule has 21 heavy (non-hydrogen) atoms. The van der Waals surface area contributed by atoms with E-state index in [1.54, 1.807) is 0 Å². The van der Waals surface area contributed by atoms with Crippen LogP contribution in [-0.4, -0.2) is 35.3 Å². The van der Waals surface area contributed by atoms with E-state index in [1.165, 1.54) is 6.42 Å². The second-order valence-corrected chi connectivity index (χ2v) is 6.80. The number of halogens is 1. The van der Waals surface area contributed by atoms with Gasteiger partial charge in [-0.1, -0.05) is 45.4 Å². The Morgan fingerprint density at radius 1 is 1.19 bits per heavy atom. The third-order valence-electron chi connectivity index (χ3n) is 3.01. The molecule has 0 aliphatic carbocycles. The maximum absolute atomic E-state index is 12.0. The highest BCUT2D eigenvalue weighted by Crippen LogP contribution is 2.50. The molecule has 6 nitrogen and oxygen atoms in total. The summed E-state index contributed by atoms with van der Waals surface area (Å²) < 4.78 is 32.7. The van der Waals surface area contributed by atoms with Gasteiger partial charge in [-0.3, -0.25) is 4.57 Å². The first-order valence-corrected chi connectivity index (χ1v) is 9.01. The lowest BCUT2D eigenvalue weighted by atomic mass is 10.1. The smallest absolute Gasteiger partial charge is 0.450 e. The van der Waals surface area contributed by atoms with Crippen LogP contribution in [0.1, 0.15) is 58.3 Å². The second-order valence-electron chi connectivity index (χ2n) is 4.83. The van der Waals surface area contributed by atoms with Gasteiger partial charge in [-0.2, -0.15) is 0 Å². The summed E-state index contributed by atoms with van der Waals surface area (Å²) in [6.45, 7) is 0.663. The molecule has 0 aromatic rings. The van der Waals surface area contributed by atoms with Crippen molar-refractivity contribution in [3.8, 4) is 0 Å². The molecule has 0 aliphatic rings. The first-order chi connectivity index (χ1) is 9.94. The largest absolute Gasteiger partial charge is 0.506 e. The zero-order valence-corrected chi connectivity index (χ0v) is 13.4. The Labute approximate surface area is 125 Å². The number of carboxylic acid groups (broad SMARTS) is 1. The molecule has 0 fully saturated rings. The van der Waals surface area contributed by atoms with E-state index in [0.29, 0.717) is 6.42 Å². The van der Waals surface area contributed by atoms with Gasteiger partial charge in [0.1, 0.15) is 6.67 Å². The molecule has 0 amide bonds. The normalized spacial score (nSPS) is 15.4. The van der Waals surface area contributed by atoms with Gasteiger partial charge in [0.25, 0.3) is 0 Å². The van der Waals surface area contributed by atoms with Crippen molar-refractivity contribution in [2.24, 2.45) is 0 Å². The lowest BCUT2D eigenvalue weighted by Gasteiger charge is -2.21. The fraction of sp³-hybridized carbons (Fsp3) is 0.923. The molecule has 126 valence electrons. The lowest BCUT2D eigenvalue weighted by Crippen LogP contribution is -2.19. The van der Waals surface area contributed by atoms with Gasteiger partial charge >= 0.3 is 13.8 Å². The molecule has 2 atom stereocenters. The van der Waals surface area contributed by atoms with Crippen molar-refractivity contribution in [1.29, 1.82) is 0 Å². The van der Waals surface area contributed by atoms with Gasteiger partial charge in [0.15, 0.2) is 0 Å². The monoisotopic (exact) mass is 328 g/mol. The standard InChI is InChI=1S/C13H26FO6P/c1-2-3-4-5-6-7-8-9-12(20-13(15)16)21(17,18)19-11-10-14/h12H,2-11H2,1H3,(H,15,16)(H,17,18). The molecule has 2 unspecified atom stereocenters. The molecule has 0 spiro atoms. The van der Waals surface area contributed by atoms with Crippen molar-refractivity contribution >= 4 is 13.8 Å². The minimum Gasteiger partial charge on any atom is -0.450 e. The van der Waals surface area contributed by atoms with Gasteiger partial charge in [0, 0.05) is 0 Å². The Morgan fingerprint density at radius 3 is 2.29 bits per heavy atom. The summed E-state index contributed by atoms with van der Waals surface area (Å²) in [6, 6.07) is 0. The molecule has 0 heterocycles. The molecule has 0 rings (SSSR count). The molecular weight excluding hydrogens is 302 g/mol. The van der Waals surface area contributed by atoms with E-state index in [2.05, 4.69) is 16.2 Å². The third-order valence-corrected chi connectivity index (χ3v) is 4.65. The third kappa shape index (κ3) is 10.7. The molecule has 2 N–H and O–H groups in total. The number of hydrogen-bond donors (Lipinski definition) is 2. The summed E-state index contributed by atoms with van der Waals surface area (Å²) >= 11 is 0. The van der Waals surface area contributed by atoms with E-state index in [9.17, 15) is 18.6 Å². The lowest BCUT2D eigenvalue weighted by molar-refractivity contribution is 0.0612. The first kappa shape index (κ1) is 20.3. The highest BCUT2D eigenvalue weighted by Gasteiger charge is 2.35. The van der Waals surface area contributed by atoms with Crippen molar-refractivity contribution in [3.63, 3.8) is 0 Å². The van der Waals surface area contributed by atoms with Crippen LogP contribution in [0.2, 0.25) is 0 Å². The maximum Gasteiger partial charge on any atom is 0.506 e. The average molecular weight is 328 g/mol. The summed E-state index contributed by atoms with van der Waals surface area (Å²) in [6.07, 6.45) is 5.43. The highest BCUT2D eigenvalue weighted by molar-refractivity contribution is 7.53. The average Bonchev–Trinajstić information content (AvgIpc) is 2.42. The predicted molar refractivity (Wildman–Crippen MR) is 77.3 cm³/mol. The minimum absolute atomic E-state index is 0.0974. The van der Waals surface area contributed by atoms with Gasteiger partial charge in [-0.15, -0.1) is 0 Å². The van der Waals surface area contributed by atoms with Gasteiger partial charge in [-0.25, -0.2) is 9.18 Å². The zero-order valence-electron chi connectivity index (χ0n) is 12.5. The quantitative estimate of drug-likeness (QED) is 0.297. The van der Waals surface area contributed by atoms with E-state index < -0.39 is 32.9 Å². The zero-order chi connectivity index (χ0) is 16.1. The maximum atomic E-state index is 12.0. The summed E-state index contributed by atoms with van der Waals surface area (Å²) in [5.41, 5.74) is 0. The SMILES string of the molecule is CCCCCCCCCC(OC(=O)O)P(=O)(O)OCCF. The Bertz CT molecular complexity index is 326. The fourth-order valence-electron chi connectivity index (χ4n) is 1.93. The van der Waals surface area contributed by atoms with E-state index in [4.69, 9.17) is 5.11 Å². The molecule has 0 aromatic heterocycles. The number of unbranched alkanes of at least 4 members (excludes halogenated alkanes) is 6. The van der Waals surface area contributed by atoms with Crippen molar-refractivity contribution in [3.05, 3.63) is 0 Å². The van der Waals surface area contributed by atoms with Crippen molar-refractivity contribution < 1.29 is 33.0 Å². The van der Waals surface area contributed by atoms with Gasteiger partial charge in [0.2, 0.25) is 5.85 Å². The van der Waals surface area contributed by atoms with Crippen molar-refractivity contribution in [2.75, 3.05) is 13.3 Å². The summed E-state index contributed by atoms with van der Waals surface area (Å²) in [7, 11) is -4.28. The molecule has 0 aliphatic heterocycles. The Hall–Kier alpha value is -0.650. The van der Waals surface area contributed by atoms with E-state index in [-0.39, 0.29) is 6.42 Å². The predicted octanol–water partition coefficient (Wildman–Crippen LogP) is 4.32. The number of ether oxygens (including phenoxy) is 1. The molecular formula is C13H26FO6P. The number of carbonyl (C=O) groups is 1. The first-order valence-electron chi connectivity index (χ1n) is 7.36. The van der Waals surface area contributed by atoms with E-state index >= 15 is 0 Å². The van der Waals surface area contributed by atoms with Crippen LogP contribution in [0.15, 0.2) is 0 Å². The second kappa shape index (κ2) is 12.0. The molecule has 0 bridgehead atoms.